The molecule has 0 heterocycles. The van der Waals surface area contributed by atoms with Gasteiger partial charge in [0.05, 0.1) is 37.6 Å². The number of carbonyl (C=O) groups is 2. The topological polar surface area (TPSA) is 132 Å². The zero-order valence-corrected chi connectivity index (χ0v) is 20.8. The summed E-state index contributed by atoms with van der Waals surface area (Å²) in [6.45, 7) is -0.120. The van der Waals surface area contributed by atoms with Crippen LogP contribution in [-0.2, 0) is 14.8 Å². The van der Waals surface area contributed by atoms with Crippen molar-refractivity contribution in [2.45, 2.75) is 11.3 Å². The van der Waals surface area contributed by atoms with E-state index in [0.717, 1.165) is 0 Å². The number of carbonyl (C=O) groups excluding carboxylic acids is 2. The molecule has 36 heavy (non-hydrogen) atoms. The first-order valence-corrected chi connectivity index (χ1v) is 12.3. The Hall–Kier alpha value is -4.09. The summed E-state index contributed by atoms with van der Waals surface area (Å²) in [5, 5.41) is 5.45. The number of ether oxygens (including phenoxy) is 3. The average molecular weight is 514 g/mol. The summed E-state index contributed by atoms with van der Waals surface area (Å²) < 4.78 is 43.0. The van der Waals surface area contributed by atoms with Crippen LogP contribution in [0.15, 0.2) is 71.6 Å². The molecule has 11 heteroatoms. The van der Waals surface area contributed by atoms with Gasteiger partial charge in [-0.2, -0.15) is 0 Å². The van der Waals surface area contributed by atoms with E-state index in [4.69, 9.17) is 14.2 Å². The van der Waals surface area contributed by atoms with Crippen LogP contribution in [0.5, 0.6) is 17.2 Å². The van der Waals surface area contributed by atoms with Crippen LogP contribution in [0, 0.1) is 0 Å². The van der Waals surface area contributed by atoms with E-state index in [1.165, 1.54) is 57.7 Å². The summed E-state index contributed by atoms with van der Waals surface area (Å²) in [7, 11) is 0.548. The van der Waals surface area contributed by atoms with Gasteiger partial charge >= 0.3 is 0 Å². The Morgan fingerprint density at radius 3 is 1.92 bits per heavy atom. The number of hydrogen-bond donors (Lipinski definition) is 3. The summed E-state index contributed by atoms with van der Waals surface area (Å²) in [4.78, 5) is 25.1. The van der Waals surface area contributed by atoms with Crippen LogP contribution in [0.2, 0.25) is 0 Å². The van der Waals surface area contributed by atoms with Gasteiger partial charge in [-0.3, -0.25) is 9.59 Å². The van der Waals surface area contributed by atoms with Crippen molar-refractivity contribution in [3.05, 3.63) is 72.3 Å². The van der Waals surface area contributed by atoms with E-state index in [0.29, 0.717) is 28.4 Å². The zero-order chi connectivity index (χ0) is 26.1. The Labute approximate surface area is 209 Å². The van der Waals surface area contributed by atoms with Gasteiger partial charge < -0.3 is 24.8 Å². The molecule has 3 aromatic carbocycles. The predicted octanol–water partition coefficient (Wildman–Crippen LogP) is 3.27. The third kappa shape index (κ3) is 6.74. The lowest BCUT2D eigenvalue weighted by atomic mass is 10.2. The molecule has 0 aliphatic heterocycles. The van der Waals surface area contributed by atoms with E-state index in [1.54, 1.807) is 24.3 Å². The lowest BCUT2D eigenvalue weighted by molar-refractivity contribution is -0.116. The van der Waals surface area contributed by atoms with Crippen LogP contribution < -0.4 is 29.6 Å². The fourth-order valence-corrected chi connectivity index (χ4v) is 4.26. The van der Waals surface area contributed by atoms with Gasteiger partial charge in [0.1, 0.15) is 17.2 Å². The molecular formula is C25H27N3O7S. The average Bonchev–Trinajstić information content (AvgIpc) is 2.89. The van der Waals surface area contributed by atoms with Gasteiger partial charge in [0.2, 0.25) is 15.9 Å². The molecule has 190 valence electrons. The van der Waals surface area contributed by atoms with E-state index >= 15 is 0 Å². The maximum absolute atomic E-state index is 12.5. The van der Waals surface area contributed by atoms with Gasteiger partial charge in [-0.1, -0.05) is 18.2 Å². The molecule has 3 N–H and O–H groups in total. The fraction of sp³-hybridized carbons (Fsp3) is 0.200. The minimum absolute atomic E-state index is 0.0586. The fourth-order valence-electron chi connectivity index (χ4n) is 3.23. The van der Waals surface area contributed by atoms with Gasteiger partial charge in [-0.15, -0.1) is 0 Å². The lowest BCUT2D eigenvalue weighted by Crippen LogP contribution is -2.28. The summed E-state index contributed by atoms with van der Waals surface area (Å²) in [5.41, 5.74) is 1.12. The summed E-state index contributed by atoms with van der Waals surface area (Å²) in [6.07, 6.45) is -0.132. The predicted molar refractivity (Wildman–Crippen MR) is 135 cm³/mol. The highest BCUT2D eigenvalue weighted by Gasteiger charge is 2.18. The molecule has 0 unspecified atom stereocenters. The number of rotatable bonds is 11. The van der Waals surface area contributed by atoms with Crippen LogP contribution in [0.1, 0.15) is 16.8 Å². The maximum atomic E-state index is 12.5. The van der Waals surface area contributed by atoms with Crippen molar-refractivity contribution in [3.8, 4) is 17.2 Å². The quantitative estimate of drug-likeness (QED) is 0.358. The summed E-state index contributed by atoms with van der Waals surface area (Å²) >= 11 is 0. The second-order valence-corrected chi connectivity index (χ2v) is 9.21. The van der Waals surface area contributed by atoms with Crippen molar-refractivity contribution >= 4 is 33.2 Å². The maximum Gasteiger partial charge on any atom is 0.255 e. The Kier molecular flexibility index (Phi) is 8.87. The second kappa shape index (κ2) is 12.0. The third-order valence-electron chi connectivity index (χ3n) is 5.09. The van der Waals surface area contributed by atoms with E-state index in [-0.39, 0.29) is 29.5 Å². The normalized spacial score (nSPS) is 10.9. The summed E-state index contributed by atoms with van der Waals surface area (Å²) in [6, 6.07) is 17.6. The van der Waals surface area contributed by atoms with E-state index in [9.17, 15) is 18.0 Å². The Balaban J connectivity index is 1.65. The minimum atomic E-state index is -3.79. The van der Waals surface area contributed by atoms with Crippen LogP contribution in [0.25, 0.3) is 0 Å². The van der Waals surface area contributed by atoms with Crippen LogP contribution in [0.4, 0.5) is 11.4 Å². The molecule has 0 atom stereocenters. The van der Waals surface area contributed by atoms with Gasteiger partial charge in [0.15, 0.2) is 0 Å². The molecule has 0 fully saturated rings. The minimum Gasteiger partial charge on any atom is -0.497 e. The highest BCUT2D eigenvalue weighted by molar-refractivity contribution is 7.89. The molecule has 0 bridgehead atoms. The molecule has 10 nitrogen and oxygen atoms in total. The van der Waals surface area contributed by atoms with Crippen molar-refractivity contribution in [2.24, 2.45) is 0 Å². The monoisotopic (exact) mass is 513 g/mol. The molecule has 0 aliphatic carbocycles. The second-order valence-electron chi connectivity index (χ2n) is 7.44. The number of hydrogen-bond acceptors (Lipinski definition) is 7. The number of benzene rings is 3. The largest absolute Gasteiger partial charge is 0.497 e. The van der Waals surface area contributed by atoms with Crippen LogP contribution in [-0.4, -0.2) is 48.1 Å². The van der Waals surface area contributed by atoms with E-state index in [2.05, 4.69) is 15.4 Å². The van der Waals surface area contributed by atoms with Gasteiger partial charge in [0, 0.05) is 30.7 Å². The molecule has 0 aliphatic rings. The van der Waals surface area contributed by atoms with E-state index < -0.39 is 15.9 Å². The number of methoxy groups -OCH3 is 3. The van der Waals surface area contributed by atoms with Crippen molar-refractivity contribution in [1.82, 2.24) is 4.72 Å². The zero-order valence-electron chi connectivity index (χ0n) is 20.0. The third-order valence-corrected chi connectivity index (χ3v) is 6.57. The Morgan fingerprint density at radius 2 is 1.36 bits per heavy atom. The molecule has 3 rings (SSSR count). The standard InChI is InChI=1S/C25H27N3O7S/c1-33-18-9-11-19(12-10-18)36(31,32)26-14-13-24(29)27-20-15-23(35-3)21(16-22(20)34-2)28-25(30)17-7-5-4-6-8-17/h4-12,15-16,26H,13-14H2,1-3H3,(H,27,29)(H,28,30). The first-order chi connectivity index (χ1) is 17.3. The van der Waals surface area contributed by atoms with Gasteiger partial charge in [-0.25, -0.2) is 13.1 Å². The van der Waals surface area contributed by atoms with E-state index in [1.807, 2.05) is 6.07 Å². The number of sulfonamides is 1. The highest BCUT2D eigenvalue weighted by Crippen LogP contribution is 2.36. The number of amides is 2. The van der Waals surface area contributed by atoms with Crippen molar-refractivity contribution in [2.75, 3.05) is 38.5 Å². The molecular weight excluding hydrogens is 486 g/mol. The molecule has 0 radical (unpaired) electrons. The molecule has 0 saturated heterocycles. The molecule has 0 saturated carbocycles. The molecule has 3 aromatic rings. The highest BCUT2D eigenvalue weighted by atomic mass is 32.2. The van der Waals surface area contributed by atoms with Crippen LogP contribution in [0.3, 0.4) is 0 Å². The van der Waals surface area contributed by atoms with Gasteiger partial charge in [-0.05, 0) is 36.4 Å². The number of anilines is 2. The Morgan fingerprint density at radius 1 is 0.778 bits per heavy atom. The summed E-state index contributed by atoms with van der Waals surface area (Å²) in [5.74, 6) is 0.330. The SMILES string of the molecule is COc1ccc(S(=O)(=O)NCCC(=O)Nc2cc(OC)c(NC(=O)c3ccccc3)cc2OC)cc1. The molecule has 0 spiro atoms. The van der Waals surface area contributed by atoms with Crippen molar-refractivity contribution in [3.63, 3.8) is 0 Å². The Bertz CT molecular complexity index is 1310. The first kappa shape index (κ1) is 26.5. The van der Waals surface area contributed by atoms with Crippen molar-refractivity contribution < 1.29 is 32.2 Å². The van der Waals surface area contributed by atoms with Gasteiger partial charge in [0.25, 0.3) is 5.91 Å². The number of nitrogens with one attached hydrogen (secondary N) is 3. The molecule has 2 amide bonds. The first-order valence-electron chi connectivity index (χ1n) is 10.8. The lowest BCUT2D eigenvalue weighted by Gasteiger charge is -2.16. The molecule has 0 aromatic heterocycles. The van der Waals surface area contributed by atoms with Crippen molar-refractivity contribution in [1.29, 1.82) is 0 Å². The smallest absolute Gasteiger partial charge is 0.255 e. The van der Waals surface area contributed by atoms with Crippen LogP contribution >= 0.6 is 0 Å².